The highest BCUT2D eigenvalue weighted by Gasteiger charge is 2.32. The molecule has 3 nitrogen and oxygen atoms in total. The van der Waals surface area contributed by atoms with Crippen molar-refractivity contribution in [3.05, 3.63) is 35.1 Å². The van der Waals surface area contributed by atoms with Crippen LogP contribution in [0.3, 0.4) is 0 Å². The van der Waals surface area contributed by atoms with Crippen LogP contribution < -0.4 is 0 Å². The number of benzene rings is 1. The fourth-order valence-corrected chi connectivity index (χ4v) is 2.03. The normalized spacial score (nSPS) is 18.9. The number of carbonyl (C=O) groups excluding carboxylic acids is 2. The summed E-state index contributed by atoms with van der Waals surface area (Å²) in [6.45, 7) is 5.28. The Balaban J connectivity index is 2.31. The second-order valence-corrected chi connectivity index (χ2v) is 5.84. The minimum Gasteiger partial charge on any atom is -0.457 e. The van der Waals surface area contributed by atoms with Crippen LogP contribution >= 0.6 is 0 Å². The van der Waals surface area contributed by atoms with E-state index in [0.29, 0.717) is 24.0 Å². The molecule has 0 aliphatic heterocycles. The molecule has 1 aliphatic rings. The first kappa shape index (κ1) is 13.7. The van der Waals surface area contributed by atoms with E-state index in [2.05, 4.69) is 0 Å². The largest absolute Gasteiger partial charge is 0.457 e. The molecule has 1 unspecified atom stereocenters. The average Bonchev–Trinajstić information content (AvgIpc) is 2.31. The van der Waals surface area contributed by atoms with Gasteiger partial charge in [-0.05, 0) is 45.4 Å². The van der Waals surface area contributed by atoms with E-state index >= 15 is 0 Å². The summed E-state index contributed by atoms with van der Waals surface area (Å²) in [6.07, 6.45) is 0.202. The lowest BCUT2D eigenvalue weighted by Gasteiger charge is -2.27. The van der Waals surface area contributed by atoms with Crippen molar-refractivity contribution in [2.45, 2.75) is 39.7 Å². The molecule has 0 heterocycles. The van der Waals surface area contributed by atoms with E-state index in [4.69, 9.17) is 4.74 Å². The van der Waals surface area contributed by atoms with E-state index in [1.54, 1.807) is 20.8 Å². The van der Waals surface area contributed by atoms with Gasteiger partial charge < -0.3 is 4.74 Å². The third-order valence-electron chi connectivity index (χ3n) is 3.16. The Bertz CT molecular complexity index is 529. The van der Waals surface area contributed by atoms with Crippen molar-refractivity contribution in [1.82, 2.24) is 0 Å². The van der Waals surface area contributed by atoms with Crippen molar-refractivity contribution in [3.8, 4) is 0 Å². The molecule has 4 heteroatoms. The Labute approximate surface area is 111 Å². The highest BCUT2D eigenvalue weighted by atomic mass is 19.1. The van der Waals surface area contributed by atoms with Crippen molar-refractivity contribution >= 4 is 11.8 Å². The van der Waals surface area contributed by atoms with Crippen molar-refractivity contribution in [2.75, 3.05) is 0 Å². The molecule has 0 saturated heterocycles. The van der Waals surface area contributed by atoms with Gasteiger partial charge in [-0.25, -0.2) is 4.39 Å². The molecule has 1 atom stereocenters. The molecule has 0 bridgehead atoms. The SMILES string of the molecule is CC(C)(C)C(=O)OC1CCC(=O)c2ccc(F)cc21. The molecule has 0 fully saturated rings. The van der Waals surface area contributed by atoms with E-state index in [1.165, 1.54) is 18.2 Å². The number of rotatable bonds is 1. The van der Waals surface area contributed by atoms with Crippen LogP contribution in [0.25, 0.3) is 0 Å². The van der Waals surface area contributed by atoms with Gasteiger partial charge in [0.2, 0.25) is 0 Å². The maximum absolute atomic E-state index is 13.3. The molecule has 0 N–H and O–H groups in total. The monoisotopic (exact) mass is 264 g/mol. The van der Waals surface area contributed by atoms with E-state index in [1.807, 2.05) is 0 Å². The van der Waals surface area contributed by atoms with Gasteiger partial charge in [0.25, 0.3) is 0 Å². The highest BCUT2D eigenvalue weighted by Crippen LogP contribution is 2.34. The van der Waals surface area contributed by atoms with Crippen LogP contribution in [0.15, 0.2) is 18.2 Å². The van der Waals surface area contributed by atoms with Crippen LogP contribution in [0.1, 0.15) is 55.6 Å². The lowest BCUT2D eigenvalue weighted by Crippen LogP contribution is -2.27. The molecular formula is C15H17FO3. The maximum atomic E-state index is 13.3. The first-order valence-electron chi connectivity index (χ1n) is 6.33. The predicted molar refractivity (Wildman–Crippen MR) is 68.3 cm³/mol. The standard InChI is InChI=1S/C15H17FO3/c1-15(2,3)14(18)19-13-7-6-12(17)10-5-4-9(16)8-11(10)13/h4-5,8,13H,6-7H2,1-3H3. The van der Waals surface area contributed by atoms with E-state index in [9.17, 15) is 14.0 Å². The van der Waals surface area contributed by atoms with Gasteiger partial charge in [0, 0.05) is 17.5 Å². The zero-order chi connectivity index (χ0) is 14.2. The molecule has 1 aromatic carbocycles. The van der Waals surface area contributed by atoms with Gasteiger partial charge in [0.1, 0.15) is 11.9 Å². The van der Waals surface area contributed by atoms with Crippen molar-refractivity contribution in [1.29, 1.82) is 0 Å². The second-order valence-electron chi connectivity index (χ2n) is 5.84. The summed E-state index contributed by atoms with van der Waals surface area (Å²) in [5.74, 6) is -0.801. The minimum atomic E-state index is -0.616. The predicted octanol–water partition coefficient (Wildman–Crippen LogP) is 3.43. The molecule has 0 amide bonds. The third-order valence-corrected chi connectivity index (χ3v) is 3.16. The van der Waals surface area contributed by atoms with E-state index in [-0.39, 0.29) is 11.8 Å². The highest BCUT2D eigenvalue weighted by molar-refractivity contribution is 5.98. The number of ketones is 1. The summed E-state index contributed by atoms with van der Waals surface area (Å²) < 4.78 is 18.7. The molecule has 1 aliphatic carbocycles. The number of Topliss-reactive ketones (excluding diaryl/α,β-unsaturated/α-hetero) is 1. The van der Waals surface area contributed by atoms with Crippen LogP contribution in [0.4, 0.5) is 4.39 Å². The number of hydrogen-bond donors (Lipinski definition) is 0. The van der Waals surface area contributed by atoms with Crippen LogP contribution in [-0.4, -0.2) is 11.8 Å². The van der Waals surface area contributed by atoms with Crippen molar-refractivity contribution < 1.29 is 18.7 Å². The zero-order valence-corrected chi connectivity index (χ0v) is 11.3. The van der Waals surface area contributed by atoms with Gasteiger partial charge in [-0.15, -0.1) is 0 Å². The smallest absolute Gasteiger partial charge is 0.311 e. The minimum absolute atomic E-state index is 0.0296. The zero-order valence-electron chi connectivity index (χ0n) is 11.3. The Morgan fingerprint density at radius 3 is 2.68 bits per heavy atom. The molecule has 19 heavy (non-hydrogen) atoms. The summed E-state index contributed by atoms with van der Waals surface area (Å²) in [5, 5.41) is 0. The molecule has 1 aromatic rings. The summed E-state index contributed by atoms with van der Waals surface area (Å²) in [6, 6.07) is 4.00. The Morgan fingerprint density at radius 1 is 1.37 bits per heavy atom. The summed E-state index contributed by atoms with van der Waals surface area (Å²) in [7, 11) is 0. The summed E-state index contributed by atoms with van der Waals surface area (Å²) in [5.41, 5.74) is 0.322. The molecule has 0 spiro atoms. The Hall–Kier alpha value is -1.71. The molecule has 2 rings (SSSR count). The van der Waals surface area contributed by atoms with Crippen LogP contribution in [-0.2, 0) is 9.53 Å². The van der Waals surface area contributed by atoms with Gasteiger partial charge in [0.15, 0.2) is 5.78 Å². The number of carbonyl (C=O) groups is 2. The average molecular weight is 264 g/mol. The molecular weight excluding hydrogens is 247 g/mol. The van der Waals surface area contributed by atoms with Crippen LogP contribution in [0.5, 0.6) is 0 Å². The lowest BCUT2D eigenvalue weighted by atomic mass is 9.88. The third kappa shape index (κ3) is 2.83. The van der Waals surface area contributed by atoms with Gasteiger partial charge in [-0.3, -0.25) is 9.59 Å². The van der Waals surface area contributed by atoms with Gasteiger partial charge >= 0.3 is 5.97 Å². The van der Waals surface area contributed by atoms with Gasteiger partial charge in [-0.2, -0.15) is 0 Å². The lowest BCUT2D eigenvalue weighted by molar-refractivity contribution is -0.159. The van der Waals surface area contributed by atoms with Crippen molar-refractivity contribution in [3.63, 3.8) is 0 Å². The Morgan fingerprint density at radius 2 is 2.05 bits per heavy atom. The van der Waals surface area contributed by atoms with Crippen molar-refractivity contribution in [2.24, 2.45) is 5.41 Å². The number of halogens is 1. The molecule has 0 saturated carbocycles. The van der Waals surface area contributed by atoms with Crippen LogP contribution in [0.2, 0.25) is 0 Å². The number of hydrogen-bond acceptors (Lipinski definition) is 3. The molecule has 0 aromatic heterocycles. The van der Waals surface area contributed by atoms with E-state index < -0.39 is 17.3 Å². The first-order valence-corrected chi connectivity index (χ1v) is 6.33. The molecule has 102 valence electrons. The second kappa shape index (κ2) is 4.76. The number of ether oxygens (including phenoxy) is 1. The first-order chi connectivity index (χ1) is 8.79. The quantitative estimate of drug-likeness (QED) is 0.730. The summed E-state index contributed by atoms with van der Waals surface area (Å²) in [4.78, 5) is 23.7. The fraction of sp³-hybridized carbons (Fsp3) is 0.467. The maximum Gasteiger partial charge on any atom is 0.311 e. The Kier molecular flexibility index (Phi) is 3.43. The fourth-order valence-electron chi connectivity index (χ4n) is 2.03. The number of esters is 1. The topological polar surface area (TPSA) is 43.4 Å². The molecule has 0 radical (unpaired) electrons. The van der Waals surface area contributed by atoms with Crippen LogP contribution in [0, 0.1) is 11.2 Å². The number of fused-ring (bicyclic) bond motifs is 1. The van der Waals surface area contributed by atoms with Gasteiger partial charge in [0.05, 0.1) is 5.41 Å². The van der Waals surface area contributed by atoms with Gasteiger partial charge in [-0.1, -0.05) is 0 Å². The summed E-state index contributed by atoms with van der Waals surface area (Å²) >= 11 is 0. The van der Waals surface area contributed by atoms with E-state index in [0.717, 1.165) is 0 Å².